The summed E-state index contributed by atoms with van der Waals surface area (Å²) in [6, 6.07) is 8.84. The van der Waals surface area contributed by atoms with Gasteiger partial charge >= 0.3 is 0 Å². The standard InChI is InChI=1S/C18H25BO/c1-18(19)9-8-13-14-7-6-11-4-2-3-5-12(11)17(14)16(20)10-15(13)18/h2-5,13-17,20H,6-10,19H2,1H3/t13?,14?,15-,16-,17?,18?/m0/s1. The van der Waals surface area contributed by atoms with E-state index in [2.05, 4.69) is 39.0 Å². The van der Waals surface area contributed by atoms with Crippen LogP contribution >= 0.6 is 0 Å². The molecule has 0 aliphatic heterocycles. The van der Waals surface area contributed by atoms with Gasteiger partial charge in [0.1, 0.15) is 7.85 Å². The molecule has 106 valence electrons. The summed E-state index contributed by atoms with van der Waals surface area (Å²) in [6.45, 7) is 2.42. The molecule has 0 radical (unpaired) electrons. The Bertz CT molecular complexity index is 524. The molecule has 1 nitrogen and oxygen atoms in total. The predicted octanol–water partition coefficient (Wildman–Crippen LogP) is 2.94. The number of aliphatic hydroxyl groups excluding tert-OH is 1. The quantitative estimate of drug-likeness (QED) is 0.717. The Morgan fingerprint density at radius 2 is 2.00 bits per heavy atom. The molecule has 3 aliphatic rings. The van der Waals surface area contributed by atoms with Gasteiger partial charge in [-0.2, -0.15) is 0 Å². The minimum Gasteiger partial charge on any atom is -0.392 e. The summed E-state index contributed by atoms with van der Waals surface area (Å²) in [4.78, 5) is 0. The van der Waals surface area contributed by atoms with E-state index in [0.29, 0.717) is 11.2 Å². The third-order valence-electron chi connectivity index (χ3n) is 6.72. The maximum absolute atomic E-state index is 10.8. The largest absolute Gasteiger partial charge is 0.392 e. The zero-order chi connectivity index (χ0) is 13.9. The molecule has 4 unspecified atom stereocenters. The monoisotopic (exact) mass is 268 g/mol. The SMILES string of the molecule is BC1(C)CCC2C3CCc4ccccc4C3[C@@H](O)C[C@@H]21. The van der Waals surface area contributed by atoms with Crippen molar-refractivity contribution in [3.63, 3.8) is 0 Å². The van der Waals surface area contributed by atoms with Gasteiger partial charge in [0.05, 0.1) is 6.10 Å². The van der Waals surface area contributed by atoms with Gasteiger partial charge in [-0.05, 0) is 48.1 Å². The van der Waals surface area contributed by atoms with E-state index in [-0.39, 0.29) is 6.10 Å². The van der Waals surface area contributed by atoms with E-state index < -0.39 is 0 Å². The number of rotatable bonds is 0. The van der Waals surface area contributed by atoms with Crippen LogP contribution in [0.5, 0.6) is 0 Å². The first kappa shape index (κ1) is 12.9. The van der Waals surface area contributed by atoms with Crippen LogP contribution < -0.4 is 0 Å². The van der Waals surface area contributed by atoms with Crippen molar-refractivity contribution < 1.29 is 5.11 Å². The van der Waals surface area contributed by atoms with Gasteiger partial charge in [0.25, 0.3) is 0 Å². The number of aliphatic hydroxyl groups is 1. The Labute approximate surface area is 123 Å². The van der Waals surface area contributed by atoms with Gasteiger partial charge in [-0.25, -0.2) is 0 Å². The normalized spacial score (nSPS) is 46.4. The molecule has 20 heavy (non-hydrogen) atoms. The van der Waals surface area contributed by atoms with E-state index in [1.54, 1.807) is 0 Å². The molecule has 0 saturated heterocycles. The third-order valence-corrected chi connectivity index (χ3v) is 6.72. The van der Waals surface area contributed by atoms with Crippen LogP contribution in [0.15, 0.2) is 24.3 Å². The lowest BCUT2D eigenvalue weighted by Gasteiger charge is -2.49. The summed E-state index contributed by atoms with van der Waals surface area (Å²) < 4.78 is 0. The van der Waals surface area contributed by atoms with Gasteiger partial charge in [0.15, 0.2) is 0 Å². The van der Waals surface area contributed by atoms with E-state index in [0.717, 1.165) is 24.2 Å². The average molecular weight is 268 g/mol. The van der Waals surface area contributed by atoms with Crippen LogP contribution in [0.25, 0.3) is 0 Å². The first-order valence-electron chi connectivity index (χ1n) is 8.34. The van der Waals surface area contributed by atoms with Crippen molar-refractivity contribution >= 4 is 7.85 Å². The zero-order valence-electron chi connectivity index (χ0n) is 12.7. The molecule has 1 aromatic rings. The molecule has 0 spiro atoms. The lowest BCUT2D eigenvalue weighted by Crippen LogP contribution is -2.44. The van der Waals surface area contributed by atoms with Gasteiger partial charge in [-0.15, -0.1) is 0 Å². The van der Waals surface area contributed by atoms with Crippen molar-refractivity contribution in [1.82, 2.24) is 0 Å². The average Bonchev–Trinajstić information content (AvgIpc) is 2.74. The summed E-state index contributed by atoms with van der Waals surface area (Å²) in [6.07, 6.45) is 6.13. The lowest BCUT2D eigenvalue weighted by atomic mass is 9.53. The molecule has 1 N–H and O–H groups in total. The van der Waals surface area contributed by atoms with Crippen LogP contribution in [-0.2, 0) is 6.42 Å². The molecule has 0 aromatic heterocycles. The molecule has 1 aromatic carbocycles. The Morgan fingerprint density at radius 1 is 1.20 bits per heavy atom. The molecule has 4 rings (SSSR count). The van der Waals surface area contributed by atoms with Gasteiger partial charge in [0, 0.05) is 5.92 Å². The van der Waals surface area contributed by atoms with E-state index >= 15 is 0 Å². The maximum Gasteiger partial charge on any atom is 0.109 e. The maximum atomic E-state index is 10.8. The summed E-state index contributed by atoms with van der Waals surface area (Å²) in [5.74, 6) is 2.73. The van der Waals surface area contributed by atoms with Crippen molar-refractivity contribution in [2.75, 3.05) is 0 Å². The van der Waals surface area contributed by atoms with Gasteiger partial charge in [-0.3, -0.25) is 0 Å². The first-order chi connectivity index (χ1) is 9.58. The molecule has 6 atom stereocenters. The smallest absolute Gasteiger partial charge is 0.109 e. The first-order valence-corrected chi connectivity index (χ1v) is 8.34. The van der Waals surface area contributed by atoms with Gasteiger partial charge in [0.2, 0.25) is 0 Å². The van der Waals surface area contributed by atoms with Crippen molar-refractivity contribution in [3.8, 4) is 0 Å². The lowest BCUT2D eigenvalue weighted by molar-refractivity contribution is 0.000698. The summed E-state index contributed by atoms with van der Waals surface area (Å²) in [7, 11) is 2.42. The van der Waals surface area contributed by atoms with Crippen LogP contribution in [-0.4, -0.2) is 19.1 Å². The number of fused-ring (bicyclic) bond motifs is 5. The van der Waals surface area contributed by atoms with E-state index in [1.165, 1.54) is 36.8 Å². The fourth-order valence-electron chi connectivity index (χ4n) is 5.71. The van der Waals surface area contributed by atoms with Crippen molar-refractivity contribution in [3.05, 3.63) is 35.4 Å². The van der Waals surface area contributed by atoms with Gasteiger partial charge < -0.3 is 5.11 Å². The van der Waals surface area contributed by atoms with Crippen LogP contribution in [0, 0.1) is 17.8 Å². The highest BCUT2D eigenvalue weighted by atomic mass is 16.3. The molecule has 2 saturated carbocycles. The highest BCUT2D eigenvalue weighted by molar-refractivity contribution is 6.15. The second-order valence-electron chi connectivity index (χ2n) is 8.03. The zero-order valence-corrected chi connectivity index (χ0v) is 12.7. The highest BCUT2D eigenvalue weighted by Gasteiger charge is 2.53. The van der Waals surface area contributed by atoms with Crippen LogP contribution in [0.3, 0.4) is 0 Å². The molecule has 0 amide bonds. The van der Waals surface area contributed by atoms with Crippen molar-refractivity contribution in [1.29, 1.82) is 0 Å². The Balaban J connectivity index is 1.73. The Hall–Kier alpha value is -0.755. The summed E-state index contributed by atoms with van der Waals surface area (Å²) in [5.41, 5.74) is 2.95. The minimum absolute atomic E-state index is 0.125. The molecule has 2 heteroatoms. The highest BCUT2D eigenvalue weighted by Crippen LogP contribution is 2.62. The molecule has 2 fully saturated rings. The molecule has 0 bridgehead atoms. The fourth-order valence-corrected chi connectivity index (χ4v) is 5.71. The number of hydrogen-bond donors (Lipinski definition) is 1. The minimum atomic E-state index is -0.125. The van der Waals surface area contributed by atoms with Crippen molar-refractivity contribution in [2.24, 2.45) is 17.8 Å². The van der Waals surface area contributed by atoms with E-state index in [4.69, 9.17) is 0 Å². The third kappa shape index (κ3) is 1.73. The summed E-state index contributed by atoms with van der Waals surface area (Å²) >= 11 is 0. The van der Waals surface area contributed by atoms with Crippen LogP contribution in [0.2, 0.25) is 5.31 Å². The predicted molar refractivity (Wildman–Crippen MR) is 84.7 cm³/mol. The van der Waals surface area contributed by atoms with Crippen LogP contribution in [0.4, 0.5) is 0 Å². The number of hydrogen-bond acceptors (Lipinski definition) is 1. The molecule has 0 heterocycles. The second kappa shape index (κ2) is 4.37. The molecule has 3 aliphatic carbocycles. The summed E-state index contributed by atoms with van der Waals surface area (Å²) in [5, 5.41) is 11.3. The van der Waals surface area contributed by atoms with Crippen molar-refractivity contribution in [2.45, 2.75) is 56.4 Å². The Kier molecular flexibility index (Phi) is 2.83. The topological polar surface area (TPSA) is 20.2 Å². The molecular weight excluding hydrogens is 243 g/mol. The Morgan fingerprint density at radius 3 is 2.85 bits per heavy atom. The molecular formula is C18H25BO. The number of aryl methyl sites for hydroxylation is 1. The fraction of sp³-hybridized carbons (Fsp3) is 0.667. The number of benzene rings is 1. The van der Waals surface area contributed by atoms with Crippen LogP contribution in [0.1, 0.15) is 49.7 Å². The van der Waals surface area contributed by atoms with Gasteiger partial charge in [-0.1, -0.05) is 49.3 Å². The van der Waals surface area contributed by atoms with E-state index in [1.807, 2.05) is 0 Å². The van der Waals surface area contributed by atoms with E-state index in [9.17, 15) is 5.11 Å². The second-order valence-corrected chi connectivity index (χ2v) is 8.03.